The van der Waals surface area contributed by atoms with Gasteiger partial charge in [0.1, 0.15) is 54.5 Å². The SMILES string of the molecule is COc1ccc(CO[C@H]2[C@@H](OCc3ccccc3)[C@@H](COCc3ccccc3)O[C@@H](O[C@H]3[C@H](OCc4ccccc4)[C@@H](NC(=O)C(Cl)(Cl)Cl)[C@H](F)O[C@@H]3COCc3ccccc3)[C@@H]2OCc2ccccc2)cc1. The van der Waals surface area contributed by atoms with Gasteiger partial charge in [0.25, 0.3) is 9.70 Å². The largest absolute Gasteiger partial charge is 0.497 e. The summed E-state index contributed by atoms with van der Waals surface area (Å²) in [4.78, 5) is 13.4. The zero-order chi connectivity index (χ0) is 50.8. The number of hydrogen-bond acceptors (Lipinski definition) is 11. The molecule has 6 aromatic rings. The Morgan fingerprint density at radius 2 is 0.877 bits per heavy atom. The minimum atomic E-state index is -2.46. The molecule has 386 valence electrons. The highest BCUT2D eigenvalue weighted by Crippen LogP contribution is 2.37. The zero-order valence-electron chi connectivity index (χ0n) is 40.2. The van der Waals surface area contributed by atoms with E-state index < -0.39 is 71.1 Å². The normalized spacial score (nSPS) is 24.2. The van der Waals surface area contributed by atoms with Gasteiger partial charge in [-0.25, -0.2) is 4.39 Å². The molecule has 1 amide bonds. The summed E-state index contributed by atoms with van der Waals surface area (Å²) >= 11 is 18.3. The summed E-state index contributed by atoms with van der Waals surface area (Å²) in [5, 5.41) is 2.54. The highest BCUT2D eigenvalue weighted by atomic mass is 35.6. The van der Waals surface area contributed by atoms with Crippen LogP contribution in [0.25, 0.3) is 0 Å². The van der Waals surface area contributed by atoms with Gasteiger partial charge in [-0.2, -0.15) is 0 Å². The summed E-state index contributed by atoms with van der Waals surface area (Å²) in [7, 11) is 1.61. The molecule has 0 radical (unpaired) electrons. The van der Waals surface area contributed by atoms with Gasteiger partial charge in [-0.05, 0) is 45.5 Å². The van der Waals surface area contributed by atoms with Crippen molar-refractivity contribution in [3.05, 3.63) is 209 Å². The van der Waals surface area contributed by atoms with Gasteiger partial charge in [0.05, 0.1) is 60.0 Å². The first-order valence-corrected chi connectivity index (χ1v) is 25.2. The van der Waals surface area contributed by atoms with Crippen LogP contribution >= 0.6 is 34.8 Å². The Kier molecular flexibility index (Phi) is 20.5. The van der Waals surface area contributed by atoms with Crippen LogP contribution in [0.15, 0.2) is 176 Å². The van der Waals surface area contributed by atoms with Crippen molar-refractivity contribution in [2.75, 3.05) is 20.3 Å². The number of halogens is 4. The van der Waals surface area contributed by atoms with Crippen molar-refractivity contribution in [3.63, 3.8) is 0 Å². The molecule has 6 aromatic carbocycles. The Labute approximate surface area is 440 Å². The molecule has 2 fully saturated rings. The lowest BCUT2D eigenvalue weighted by molar-refractivity contribution is -0.360. The summed E-state index contributed by atoms with van der Waals surface area (Å²) in [5.74, 6) is -0.412. The van der Waals surface area contributed by atoms with E-state index in [1.54, 1.807) is 7.11 Å². The molecule has 1 N–H and O–H groups in total. The third-order valence-electron chi connectivity index (χ3n) is 12.3. The lowest BCUT2D eigenvalue weighted by atomic mass is 9.95. The van der Waals surface area contributed by atoms with Crippen LogP contribution in [0.1, 0.15) is 33.4 Å². The van der Waals surface area contributed by atoms with Crippen molar-refractivity contribution in [2.45, 2.75) is 105 Å². The lowest BCUT2D eigenvalue weighted by Gasteiger charge is -2.49. The number of carbonyl (C=O) groups excluding carboxylic acids is 1. The van der Waals surface area contributed by atoms with E-state index in [1.165, 1.54) is 0 Å². The molecular weight excluding hydrogens is 1000 g/mol. The van der Waals surface area contributed by atoms with E-state index in [9.17, 15) is 4.79 Å². The Balaban J connectivity index is 1.20. The van der Waals surface area contributed by atoms with Crippen molar-refractivity contribution in [3.8, 4) is 5.75 Å². The third-order valence-corrected chi connectivity index (χ3v) is 12.8. The second-order valence-electron chi connectivity index (χ2n) is 17.6. The van der Waals surface area contributed by atoms with E-state index in [2.05, 4.69) is 5.32 Å². The molecule has 0 aromatic heterocycles. The maximum Gasteiger partial charge on any atom is 0.272 e. The first kappa shape index (κ1) is 54.3. The summed E-state index contributed by atoms with van der Waals surface area (Å²) in [6.07, 6.45) is -10.9. The Morgan fingerprint density at radius 1 is 0.493 bits per heavy atom. The molecule has 0 spiro atoms. The summed E-state index contributed by atoms with van der Waals surface area (Å²) in [6, 6.07) is 53.9. The van der Waals surface area contributed by atoms with Gasteiger partial charge in [0.2, 0.25) is 6.36 Å². The van der Waals surface area contributed by atoms with E-state index >= 15 is 4.39 Å². The number of alkyl halides is 4. The van der Waals surface area contributed by atoms with E-state index in [0.29, 0.717) is 5.75 Å². The molecule has 0 unspecified atom stereocenters. The number of hydrogen-bond donors (Lipinski definition) is 1. The third kappa shape index (κ3) is 16.0. The van der Waals surface area contributed by atoms with Gasteiger partial charge < -0.3 is 52.7 Å². The number of nitrogens with one attached hydrogen (secondary N) is 1. The van der Waals surface area contributed by atoms with Crippen LogP contribution in [0.2, 0.25) is 0 Å². The van der Waals surface area contributed by atoms with Crippen molar-refractivity contribution >= 4 is 40.7 Å². The van der Waals surface area contributed by atoms with Crippen molar-refractivity contribution in [1.82, 2.24) is 5.32 Å². The van der Waals surface area contributed by atoms with E-state index in [0.717, 1.165) is 33.4 Å². The summed E-state index contributed by atoms with van der Waals surface area (Å²) in [5.41, 5.74) is 5.20. The first-order valence-electron chi connectivity index (χ1n) is 24.0. The minimum absolute atomic E-state index is 0.0230. The van der Waals surface area contributed by atoms with Crippen LogP contribution in [0.3, 0.4) is 0 Å². The van der Waals surface area contributed by atoms with Crippen LogP contribution in [-0.4, -0.2) is 91.4 Å². The lowest BCUT2D eigenvalue weighted by Crippen LogP contribution is -2.68. The Bertz CT molecular complexity index is 2520. The van der Waals surface area contributed by atoms with Gasteiger partial charge >= 0.3 is 0 Å². The molecule has 73 heavy (non-hydrogen) atoms. The predicted octanol–water partition coefficient (Wildman–Crippen LogP) is 10.4. The van der Waals surface area contributed by atoms with Crippen LogP contribution in [0.4, 0.5) is 4.39 Å². The summed E-state index contributed by atoms with van der Waals surface area (Å²) in [6.45, 7) is 0.654. The van der Waals surface area contributed by atoms with E-state index in [4.69, 9.17) is 82.2 Å². The number of rotatable bonds is 24. The fourth-order valence-electron chi connectivity index (χ4n) is 8.57. The van der Waals surface area contributed by atoms with Gasteiger partial charge in [0.15, 0.2) is 6.29 Å². The molecule has 2 aliphatic heterocycles. The number of amides is 1. The average Bonchev–Trinajstić information content (AvgIpc) is 3.41. The van der Waals surface area contributed by atoms with Crippen LogP contribution in [-0.2, 0) is 87.1 Å². The first-order chi connectivity index (χ1) is 35.6. The molecule has 0 saturated carbocycles. The molecule has 0 aliphatic carbocycles. The number of carbonyl (C=O) groups is 1. The van der Waals surface area contributed by atoms with Crippen molar-refractivity contribution < 1.29 is 56.6 Å². The molecule has 16 heteroatoms. The number of benzene rings is 6. The monoisotopic (exact) mass is 1060 g/mol. The van der Waals surface area contributed by atoms with Gasteiger partial charge in [-0.1, -0.05) is 199 Å². The van der Waals surface area contributed by atoms with Crippen LogP contribution in [0, 0.1) is 0 Å². The highest BCUT2D eigenvalue weighted by molar-refractivity contribution is 6.76. The maximum absolute atomic E-state index is 16.8. The molecule has 12 nitrogen and oxygen atoms in total. The summed E-state index contributed by atoms with van der Waals surface area (Å²) < 4.78 is 80.4. The molecule has 0 bridgehead atoms. The van der Waals surface area contributed by atoms with E-state index in [-0.39, 0.29) is 52.9 Å². The maximum atomic E-state index is 16.8. The predicted molar refractivity (Wildman–Crippen MR) is 274 cm³/mol. The second-order valence-corrected chi connectivity index (χ2v) is 19.9. The van der Waals surface area contributed by atoms with Gasteiger partial charge in [0, 0.05) is 0 Å². The van der Waals surface area contributed by atoms with Crippen LogP contribution < -0.4 is 10.1 Å². The van der Waals surface area contributed by atoms with Crippen molar-refractivity contribution in [1.29, 1.82) is 0 Å². The molecule has 10 atom stereocenters. The quantitative estimate of drug-likeness (QED) is 0.0583. The smallest absolute Gasteiger partial charge is 0.272 e. The number of ether oxygens (including phenoxy) is 10. The van der Waals surface area contributed by atoms with Crippen molar-refractivity contribution in [2.24, 2.45) is 0 Å². The second kappa shape index (κ2) is 27.5. The molecule has 2 saturated heterocycles. The topological polar surface area (TPSA) is 121 Å². The molecule has 2 heterocycles. The Morgan fingerprint density at radius 3 is 1.32 bits per heavy atom. The fourth-order valence-corrected chi connectivity index (χ4v) is 8.73. The minimum Gasteiger partial charge on any atom is -0.497 e. The fraction of sp³-hybridized carbons (Fsp3) is 0.351. The van der Waals surface area contributed by atoms with E-state index in [1.807, 2.05) is 176 Å². The van der Waals surface area contributed by atoms with Gasteiger partial charge in [-0.15, -0.1) is 0 Å². The molecule has 8 rings (SSSR count). The standard InChI is InChI=1S/C57H59Cl3FNO11/c1-64-45-29-27-44(28-30-45)36-69-52-49(67-33-41-21-11-4-12-22-41)46(37-65-31-39-17-7-2-8-18-39)72-55(53(52)70-35-43-25-15-6-16-26-43)73-50-47(38-66-32-40-19-9-3-10-20-40)71-54(61)48(62-56(63)57(58,59)60)51(50)68-34-42-23-13-5-14-24-42/h2-30,46-55H,31-38H2,1H3,(H,62,63)/t46-,47-,48-,49+,50-,51-,52+,53-,54-,55+/m1/s1. The highest BCUT2D eigenvalue weighted by Gasteiger charge is 2.55. The zero-order valence-corrected chi connectivity index (χ0v) is 42.4. The van der Waals surface area contributed by atoms with Gasteiger partial charge in [-0.3, -0.25) is 4.79 Å². The average molecular weight is 1060 g/mol. The number of methoxy groups -OCH3 is 1. The Hall–Kier alpha value is -4.97. The van der Waals surface area contributed by atoms with Crippen LogP contribution in [0.5, 0.6) is 5.75 Å². The molecule has 2 aliphatic rings. The molecular formula is C57H59Cl3FNO11.